The summed E-state index contributed by atoms with van der Waals surface area (Å²) in [6.45, 7) is 5.58. The fourth-order valence-electron chi connectivity index (χ4n) is 4.03. The maximum absolute atomic E-state index is 13.1. The van der Waals surface area contributed by atoms with Gasteiger partial charge in [0.25, 0.3) is 0 Å². The molecule has 0 aromatic carbocycles. The van der Waals surface area contributed by atoms with E-state index >= 15 is 0 Å². The molecule has 1 aliphatic heterocycles. The Bertz CT molecular complexity index is 802. The number of piperazine rings is 1. The van der Waals surface area contributed by atoms with E-state index in [0.29, 0.717) is 12.5 Å². The van der Waals surface area contributed by atoms with Crippen molar-refractivity contribution in [3.8, 4) is 5.88 Å². The molecule has 6 nitrogen and oxygen atoms in total. The summed E-state index contributed by atoms with van der Waals surface area (Å²) < 4.78 is 5.50. The van der Waals surface area contributed by atoms with Crippen LogP contribution in [0, 0.1) is 0 Å². The van der Waals surface area contributed by atoms with E-state index in [9.17, 15) is 4.79 Å². The number of hydrogen-bond donors (Lipinski definition) is 0. The third-order valence-corrected chi connectivity index (χ3v) is 5.41. The van der Waals surface area contributed by atoms with Crippen LogP contribution in [0.25, 0.3) is 0 Å². The van der Waals surface area contributed by atoms with Crippen molar-refractivity contribution < 1.29 is 9.53 Å². The second-order valence-corrected chi connectivity index (χ2v) is 7.07. The molecule has 1 aliphatic carbocycles. The van der Waals surface area contributed by atoms with Crippen molar-refractivity contribution in [2.24, 2.45) is 0 Å². The normalized spacial score (nSPS) is 19.5. The van der Waals surface area contributed by atoms with Crippen molar-refractivity contribution in [1.29, 1.82) is 0 Å². The number of aromatic nitrogens is 2. The third kappa shape index (κ3) is 3.75. The molecule has 2 aliphatic rings. The van der Waals surface area contributed by atoms with Crippen LogP contribution in [0.1, 0.15) is 36.9 Å². The number of nitrogens with zero attached hydrogens (tertiary/aromatic N) is 4. The molecule has 6 heteroatoms. The van der Waals surface area contributed by atoms with Crippen LogP contribution in [-0.2, 0) is 11.2 Å². The summed E-state index contributed by atoms with van der Waals surface area (Å²) in [6, 6.07) is 9.92. The highest BCUT2D eigenvalue weighted by atomic mass is 16.5. The number of amides is 1. The van der Waals surface area contributed by atoms with Crippen molar-refractivity contribution in [2.45, 2.75) is 32.1 Å². The largest absolute Gasteiger partial charge is 0.478 e. The zero-order chi connectivity index (χ0) is 18.6. The summed E-state index contributed by atoms with van der Waals surface area (Å²) in [5, 5.41) is 0. The van der Waals surface area contributed by atoms with E-state index in [2.05, 4.69) is 20.9 Å². The van der Waals surface area contributed by atoms with Gasteiger partial charge in [-0.05, 0) is 43.9 Å². The summed E-state index contributed by atoms with van der Waals surface area (Å²) in [6.07, 6.45) is 4.80. The molecule has 0 spiro atoms. The van der Waals surface area contributed by atoms with Crippen LogP contribution >= 0.6 is 0 Å². The smallest absolute Gasteiger partial charge is 0.231 e. The monoisotopic (exact) mass is 366 g/mol. The number of rotatable bonds is 4. The lowest BCUT2D eigenvalue weighted by Gasteiger charge is -2.37. The molecule has 4 rings (SSSR count). The van der Waals surface area contributed by atoms with Crippen molar-refractivity contribution in [3.63, 3.8) is 0 Å². The minimum atomic E-state index is -0.0825. The van der Waals surface area contributed by atoms with Crippen molar-refractivity contribution in [1.82, 2.24) is 14.9 Å². The maximum Gasteiger partial charge on any atom is 0.231 e. The van der Waals surface area contributed by atoms with Crippen LogP contribution in [0.15, 0.2) is 36.5 Å². The van der Waals surface area contributed by atoms with Gasteiger partial charge in [-0.15, -0.1) is 0 Å². The van der Waals surface area contributed by atoms with Gasteiger partial charge in [0, 0.05) is 38.4 Å². The molecule has 3 heterocycles. The van der Waals surface area contributed by atoms with Gasteiger partial charge < -0.3 is 14.5 Å². The molecule has 27 heavy (non-hydrogen) atoms. The molecular weight excluding hydrogens is 340 g/mol. The van der Waals surface area contributed by atoms with Crippen LogP contribution in [-0.4, -0.2) is 53.6 Å². The van der Waals surface area contributed by atoms with E-state index in [4.69, 9.17) is 4.74 Å². The minimum absolute atomic E-state index is 0.0825. The van der Waals surface area contributed by atoms with E-state index in [-0.39, 0.29) is 11.8 Å². The number of ether oxygens (including phenoxy) is 1. The number of carbonyl (C=O) groups is 1. The van der Waals surface area contributed by atoms with Gasteiger partial charge in [-0.1, -0.05) is 12.1 Å². The van der Waals surface area contributed by atoms with Gasteiger partial charge in [0.2, 0.25) is 11.8 Å². The lowest BCUT2D eigenvalue weighted by atomic mass is 9.85. The molecule has 142 valence electrons. The topological polar surface area (TPSA) is 58.6 Å². The molecular formula is C21H26N4O2. The lowest BCUT2D eigenvalue weighted by molar-refractivity contribution is -0.133. The molecule has 2 aromatic rings. The third-order valence-electron chi connectivity index (χ3n) is 5.41. The Morgan fingerprint density at radius 2 is 2.04 bits per heavy atom. The summed E-state index contributed by atoms with van der Waals surface area (Å²) in [5.41, 5.74) is 2.22. The Morgan fingerprint density at radius 3 is 2.85 bits per heavy atom. The molecule has 1 unspecified atom stereocenters. The number of pyridine rings is 2. The zero-order valence-electron chi connectivity index (χ0n) is 15.8. The van der Waals surface area contributed by atoms with E-state index in [1.165, 1.54) is 5.56 Å². The van der Waals surface area contributed by atoms with Gasteiger partial charge in [0.1, 0.15) is 5.82 Å². The van der Waals surface area contributed by atoms with Gasteiger partial charge in [-0.25, -0.2) is 0 Å². The predicted molar refractivity (Wildman–Crippen MR) is 104 cm³/mol. The fraction of sp³-hybridized carbons (Fsp3) is 0.476. The molecule has 1 atom stereocenters. The fourth-order valence-corrected chi connectivity index (χ4v) is 4.03. The summed E-state index contributed by atoms with van der Waals surface area (Å²) >= 11 is 0. The van der Waals surface area contributed by atoms with E-state index in [0.717, 1.165) is 57.0 Å². The average Bonchev–Trinajstić information content (AvgIpc) is 2.73. The van der Waals surface area contributed by atoms with Gasteiger partial charge >= 0.3 is 0 Å². The Labute approximate surface area is 160 Å². The Kier molecular flexibility index (Phi) is 5.23. The molecule has 0 saturated carbocycles. The second-order valence-electron chi connectivity index (χ2n) is 7.07. The van der Waals surface area contributed by atoms with Crippen molar-refractivity contribution in [2.75, 3.05) is 37.7 Å². The van der Waals surface area contributed by atoms with Crippen molar-refractivity contribution >= 4 is 11.7 Å². The Hall–Kier alpha value is -2.63. The number of fused-ring (bicyclic) bond motifs is 1. The first-order valence-electron chi connectivity index (χ1n) is 9.83. The first-order chi connectivity index (χ1) is 13.3. The highest BCUT2D eigenvalue weighted by Gasteiger charge is 2.32. The van der Waals surface area contributed by atoms with E-state index in [1.54, 1.807) is 6.20 Å². The van der Waals surface area contributed by atoms with Gasteiger partial charge in [0.05, 0.1) is 18.2 Å². The van der Waals surface area contributed by atoms with Crippen LogP contribution in [0.4, 0.5) is 5.82 Å². The first kappa shape index (κ1) is 17.8. The molecule has 0 radical (unpaired) electrons. The quantitative estimate of drug-likeness (QED) is 0.833. The highest BCUT2D eigenvalue weighted by Crippen LogP contribution is 2.31. The average molecular weight is 366 g/mol. The van der Waals surface area contributed by atoms with Gasteiger partial charge in [-0.2, -0.15) is 4.98 Å². The summed E-state index contributed by atoms with van der Waals surface area (Å²) in [4.78, 5) is 26.4. The number of hydrogen-bond acceptors (Lipinski definition) is 5. The molecule has 0 bridgehead atoms. The number of anilines is 1. The van der Waals surface area contributed by atoms with E-state index in [1.807, 2.05) is 36.1 Å². The molecule has 1 fully saturated rings. The van der Waals surface area contributed by atoms with E-state index < -0.39 is 0 Å². The van der Waals surface area contributed by atoms with Gasteiger partial charge in [-0.3, -0.25) is 9.78 Å². The zero-order valence-corrected chi connectivity index (χ0v) is 15.8. The molecule has 2 aromatic heterocycles. The maximum atomic E-state index is 13.1. The van der Waals surface area contributed by atoms with Crippen LogP contribution < -0.4 is 9.64 Å². The standard InChI is InChI=1S/C21H26N4O2/c1-2-27-19-10-4-9-18(23-19)24-12-14-25(15-13-24)21(26)17-8-3-6-16-7-5-11-22-20(16)17/h4-5,7,9-11,17H,2-3,6,8,12-15H2,1H3. The highest BCUT2D eigenvalue weighted by molar-refractivity contribution is 5.84. The van der Waals surface area contributed by atoms with Crippen LogP contribution in [0.3, 0.4) is 0 Å². The summed E-state index contributed by atoms with van der Waals surface area (Å²) in [5.74, 6) is 1.71. The Morgan fingerprint density at radius 1 is 1.19 bits per heavy atom. The SMILES string of the molecule is CCOc1cccc(N2CCN(C(=O)C3CCCc4cccnc43)CC2)n1. The lowest BCUT2D eigenvalue weighted by Crippen LogP contribution is -2.50. The van der Waals surface area contributed by atoms with Crippen LogP contribution in [0.2, 0.25) is 0 Å². The Balaban J connectivity index is 1.41. The number of aryl methyl sites for hydroxylation is 1. The second kappa shape index (κ2) is 7.94. The first-order valence-corrected chi connectivity index (χ1v) is 9.83. The predicted octanol–water partition coefficient (Wildman–Crippen LogP) is 2.64. The van der Waals surface area contributed by atoms with Crippen molar-refractivity contribution in [3.05, 3.63) is 47.8 Å². The summed E-state index contributed by atoms with van der Waals surface area (Å²) in [7, 11) is 0. The van der Waals surface area contributed by atoms with Gasteiger partial charge in [0.15, 0.2) is 0 Å². The molecule has 0 N–H and O–H groups in total. The molecule has 1 saturated heterocycles. The van der Waals surface area contributed by atoms with Crippen LogP contribution in [0.5, 0.6) is 5.88 Å². The number of carbonyl (C=O) groups excluding carboxylic acids is 1. The molecule has 1 amide bonds. The minimum Gasteiger partial charge on any atom is -0.478 e.